The summed E-state index contributed by atoms with van der Waals surface area (Å²) in [5.41, 5.74) is 1.24. The molecule has 1 N–H and O–H groups in total. The van der Waals surface area contributed by atoms with Gasteiger partial charge in [-0.1, -0.05) is 48.6 Å². The fourth-order valence-electron chi connectivity index (χ4n) is 3.93. The molecule has 0 bridgehead atoms. The Kier molecular flexibility index (Phi) is 6.08. The van der Waals surface area contributed by atoms with E-state index in [2.05, 4.69) is 39.5 Å². The van der Waals surface area contributed by atoms with Crippen molar-refractivity contribution in [2.75, 3.05) is 36.0 Å². The van der Waals surface area contributed by atoms with E-state index >= 15 is 0 Å². The molecule has 1 aromatic carbocycles. The van der Waals surface area contributed by atoms with E-state index in [1.165, 1.54) is 16.9 Å². The Bertz CT molecular complexity index is 848. The summed E-state index contributed by atoms with van der Waals surface area (Å²) >= 11 is 1.47. The number of nitrogens with one attached hydrogen (secondary N) is 1. The molecule has 7 nitrogen and oxygen atoms in total. The Balaban J connectivity index is 1.25. The van der Waals surface area contributed by atoms with Crippen LogP contribution < -0.4 is 15.1 Å². The molecule has 29 heavy (non-hydrogen) atoms. The van der Waals surface area contributed by atoms with Crippen molar-refractivity contribution in [3.8, 4) is 0 Å². The Hall–Kier alpha value is -2.48. The third-order valence-electron chi connectivity index (χ3n) is 5.80. The summed E-state index contributed by atoms with van der Waals surface area (Å²) in [6.07, 6.45) is 3.10. The van der Waals surface area contributed by atoms with Crippen LogP contribution in [0.3, 0.4) is 0 Å². The maximum absolute atomic E-state index is 12.6. The van der Waals surface area contributed by atoms with E-state index in [0.717, 1.165) is 44.0 Å². The lowest BCUT2D eigenvalue weighted by molar-refractivity contribution is -0.125. The van der Waals surface area contributed by atoms with Gasteiger partial charge in [-0.05, 0) is 30.7 Å². The Morgan fingerprint density at radius 3 is 2.59 bits per heavy atom. The molecule has 154 valence electrons. The molecule has 2 saturated heterocycles. The van der Waals surface area contributed by atoms with Gasteiger partial charge in [-0.3, -0.25) is 14.5 Å². The molecule has 4 rings (SSSR count). The molecule has 2 aliphatic rings. The number of rotatable bonds is 6. The van der Waals surface area contributed by atoms with Crippen molar-refractivity contribution in [3.63, 3.8) is 0 Å². The number of piperidine rings is 1. The Labute approximate surface area is 175 Å². The highest BCUT2D eigenvalue weighted by atomic mass is 32.1. The molecule has 0 spiro atoms. The monoisotopic (exact) mass is 413 g/mol. The maximum atomic E-state index is 12.6. The fraction of sp³-hybridized carbons (Fsp3) is 0.524. The van der Waals surface area contributed by atoms with Gasteiger partial charge in [-0.25, -0.2) is 0 Å². The average molecular weight is 414 g/mol. The Morgan fingerprint density at radius 1 is 1.17 bits per heavy atom. The molecule has 2 aromatic rings. The minimum absolute atomic E-state index is 0.0433. The molecular formula is C21H27N5O2S. The molecule has 1 aromatic heterocycles. The van der Waals surface area contributed by atoms with Crippen LogP contribution in [0.2, 0.25) is 0 Å². The smallest absolute Gasteiger partial charge is 0.228 e. The van der Waals surface area contributed by atoms with Crippen molar-refractivity contribution >= 4 is 33.4 Å². The van der Waals surface area contributed by atoms with E-state index in [4.69, 9.17) is 0 Å². The van der Waals surface area contributed by atoms with Gasteiger partial charge >= 0.3 is 0 Å². The zero-order chi connectivity index (χ0) is 20.2. The number of nitrogens with zero attached hydrogens (tertiary/aromatic N) is 4. The third kappa shape index (κ3) is 4.58. The zero-order valence-corrected chi connectivity index (χ0v) is 17.5. The number of aromatic nitrogens is 2. The van der Waals surface area contributed by atoms with E-state index in [1.54, 1.807) is 4.90 Å². The summed E-state index contributed by atoms with van der Waals surface area (Å²) in [5, 5.41) is 13.2. The van der Waals surface area contributed by atoms with Crippen LogP contribution in [0.1, 0.15) is 44.1 Å². The van der Waals surface area contributed by atoms with Gasteiger partial charge in [0, 0.05) is 38.5 Å². The topological polar surface area (TPSA) is 78.4 Å². The summed E-state index contributed by atoms with van der Waals surface area (Å²) < 4.78 is 0. The van der Waals surface area contributed by atoms with Crippen LogP contribution in [-0.2, 0) is 9.59 Å². The highest BCUT2D eigenvalue weighted by Gasteiger charge is 2.29. The van der Waals surface area contributed by atoms with Crippen LogP contribution >= 0.6 is 11.3 Å². The van der Waals surface area contributed by atoms with Crippen LogP contribution in [0.4, 0.5) is 10.3 Å². The lowest BCUT2D eigenvalue weighted by atomic mass is 9.95. The number of anilines is 2. The predicted molar refractivity (Wildman–Crippen MR) is 114 cm³/mol. The first-order chi connectivity index (χ1) is 14.1. The van der Waals surface area contributed by atoms with E-state index in [0.29, 0.717) is 24.0 Å². The Morgan fingerprint density at radius 2 is 1.90 bits per heavy atom. The van der Waals surface area contributed by atoms with Gasteiger partial charge in [0.05, 0.1) is 0 Å². The maximum Gasteiger partial charge on any atom is 0.228 e. The SMILES string of the molecule is C[C@@H](CNC(=O)C1CCN(c2nnc(N3CCCC3=O)s2)CC1)c1ccccc1. The summed E-state index contributed by atoms with van der Waals surface area (Å²) in [7, 11) is 0. The van der Waals surface area contributed by atoms with Gasteiger partial charge in [0.15, 0.2) is 0 Å². The minimum atomic E-state index is 0.0433. The number of benzene rings is 1. The molecule has 8 heteroatoms. The van der Waals surface area contributed by atoms with Crippen LogP contribution in [-0.4, -0.2) is 48.2 Å². The molecule has 0 saturated carbocycles. The summed E-state index contributed by atoms with van der Waals surface area (Å²) in [4.78, 5) is 28.4. The lowest BCUT2D eigenvalue weighted by Gasteiger charge is -2.31. The van der Waals surface area contributed by atoms with Crippen LogP contribution in [0.15, 0.2) is 30.3 Å². The highest BCUT2D eigenvalue weighted by molar-refractivity contribution is 7.19. The molecule has 3 heterocycles. The van der Waals surface area contributed by atoms with Crippen LogP contribution in [0, 0.1) is 5.92 Å². The normalized spacial score (nSPS) is 18.9. The standard InChI is InChI=1S/C21H27N5O2S/c1-15(16-6-3-2-4-7-16)14-22-19(28)17-9-12-25(13-10-17)20-23-24-21(29-20)26-11-5-8-18(26)27/h2-4,6-7,15,17H,5,8-14H2,1H3,(H,22,28)/t15-/m0/s1. The summed E-state index contributed by atoms with van der Waals surface area (Å²) in [5.74, 6) is 0.621. The van der Waals surface area contributed by atoms with E-state index in [-0.39, 0.29) is 17.7 Å². The molecule has 0 aliphatic carbocycles. The minimum Gasteiger partial charge on any atom is -0.355 e. The van der Waals surface area contributed by atoms with E-state index < -0.39 is 0 Å². The third-order valence-corrected chi connectivity index (χ3v) is 6.80. The second-order valence-corrected chi connectivity index (χ2v) is 8.77. The van der Waals surface area contributed by atoms with Gasteiger partial charge < -0.3 is 10.2 Å². The predicted octanol–water partition coefficient (Wildman–Crippen LogP) is 2.80. The van der Waals surface area contributed by atoms with E-state index in [1.807, 2.05) is 18.2 Å². The molecule has 1 atom stereocenters. The highest BCUT2D eigenvalue weighted by Crippen LogP contribution is 2.32. The van der Waals surface area contributed by atoms with Crippen molar-refractivity contribution in [1.29, 1.82) is 0 Å². The number of hydrogen-bond acceptors (Lipinski definition) is 6. The van der Waals surface area contributed by atoms with Crippen molar-refractivity contribution < 1.29 is 9.59 Å². The molecule has 2 aliphatic heterocycles. The molecule has 2 fully saturated rings. The van der Waals surface area contributed by atoms with Gasteiger partial charge in [0.25, 0.3) is 0 Å². The van der Waals surface area contributed by atoms with E-state index in [9.17, 15) is 9.59 Å². The first-order valence-electron chi connectivity index (χ1n) is 10.3. The number of hydrogen-bond donors (Lipinski definition) is 1. The summed E-state index contributed by atoms with van der Waals surface area (Å²) in [6.45, 7) is 5.10. The van der Waals surface area contributed by atoms with Gasteiger partial charge in [0.2, 0.25) is 22.1 Å². The second kappa shape index (κ2) is 8.90. The first kappa shape index (κ1) is 19.8. The lowest BCUT2D eigenvalue weighted by Crippen LogP contribution is -2.41. The number of amides is 2. The largest absolute Gasteiger partial charge is 0.355 e. The van der Waals surface area contributed by atoms with Gasteiger partial charge in [0.1, 0.15) is 0 Å². The van der Waals surface area contributed by atoms with Crippen molar-refractivity contribution in [1.82, 2.24) is 15.5 Å². The zero-order valence-electron chi connectivity index (χ0n) is 16.7. The van der Waals surface area contributed by atoms with Crippen LogP contribution in [0.25, 0.3) is 0 Å². The first-order valence-corrected chi connectivity index (χ1v) is 11.1. The van der Waals surface area contributed by atoms with Crippen molar-refractivity contribution in [2.45, 2.75) is 38.5 Å². The average Bonchev–Trinajstić information content (AvgIpc) is 3.41. The second-order valence-electron chi connectivity index (χ2n) is 7.83. The molecule has 0 radical (unpaired) electrons. The fourth-order valence-corrected chi connectivity index (χ4v) is 4.87. The molecule has 2 amide bonds. The van der Waals surface area contributed by atoms with Crippen molar-refractivity contribution in [3.05, 3.63) is 35.9 Å². The number of carbonyl (C=O) groups is 2. The van der Waals surface area contributed by atoms with Crippen LogP contribution in [0.5, 0.6) is 0 Å². The van der Waals surface area contributed by atoms with Crippen molar-refractivity contribution in [2.24, 2.45) is 5.92 Å². The van der Waals surface area contributed by atoms with Gasteiger partial charge in [-0.2, -0.15) is 0 Å². The summed E-state index contributed by atoms with van der Waals surface area (Å²) in [6, 6.07) is 10.3. The number of carbonyl (C=O) groups excluding carboxylic acids is 2. The van der Waals surface area contributed by atoms with Gasteiger partial charge in [-0.15, -0.1) is 10.2 Å². The quantitative estimate of drug-likeness (QED) is 0.788. The molecular weight excluding hydrogens is 386 g/mol. The molecule has 0 unspecified atom stereocenters.